The van der Waals surface area contributed by atoms with E-state index in [0.29, 0.717) is 0 Å². The van der Waals surface area contributed by atoms with Crippen molar-refractivity contribution in [3.05, 3.63) is 58.9 Å². The van der Waals surface area contributed by atoms with Crippen molar-refractivity contribution in [2.24, 2.45) is 0 Å². The molecule has 1 amide bonds. The molecule has 0 saturated heterocycles. The van der Waals surface area contributed by atoms with E-state index in [1.807, 2.05) is 38.1 Å². The molecule has 1 aromatic heterocycles. The first-order valence-corrected chi connectivity index (χ1v) is 6.06. The van der Waals surface area contributed by atoms with Crippen LogP contribution in [0, 0.1) is 13.8 Å². The molecule has 0 radical (unpaired) electrons. The van der Waals surface area contributed by atoms with E-state index in [2.05, 4.69) is 22.0 Å². The summed E-state index contributed by atoms with van der Waals surface area (Å²) < 4.78 is 2.17. The first-order chi connectivity index (χ1) is 8.63. The molecule has 1 N–H and O–H groups in total. The number of benzene rings is 1. The summed E-state index contributed by atoms with van der Waals surface area (Å²) in [6.45, 7) is 4.82. The molecular weight excluding hydrogens is 224 g/mol. The Morgan fingerprint density at radius 2 is 1.89 bits per heavy atom. The van der Waals surface area contributed by atoms with Gasteiger partial charge in [0.15, 0.2) is 0 Å². The van der Waals surface area contributed by atoms with Crippen LogP contribution >= 0.6 is 0 Å². The molecule has 1 heterocycles. The van der Waals surface area contributed by atoms with Crippen LogP contribution in [0.2, 0.25) is 0 Å². The highest BCUT2D eigenvalue weighted by molar-refractivity contribution is 5.95. The Morgan fingerprint density at radius 1 is 1.22 bits per heavy atom. The predicted octanol–water partition coefficient (Wildman–Crippen LogP) is 2.51. The summed E-state index contributed by atoms with van der Waals surface area (Å²) >= 11 is 0. The highest BCUT2D eigenvalue weighted by Gasteiger charge is 2.14. The summed E-state index contributed by atoms with van der Waals surface area (Å²) in [5.74, 6) is -0.0255. The van der Waals surface area contributed by atoms with E-state index >= 15 is 0 Å². The van der Waals surface area contributed by atoms with Crippen molar-refractivity contribution in [1.29, 1.82) is 0 Å². The van der Waals surface area contributed by atoms with Crippen molar-refractivity contribution in [2.45, 2.75) is 20.4 Å². The molecule has 18 heavy (non-hydrogen) atoms. The van der Waals surface area contributed by atoms with Gasteiger partial charge in [-0.2, -0.15) is 0 Å². The molecule has 0 bridgehead atoms. The number of amides is 1. The monoisotopic (exact) mass is 242 g/mol. The smallest absolute Gasteiger partial charge is 0.252 e. The molecule has 2 rings (SSSR count). The van der Waals surface area contributed by atoms with Crippen molar-refractivity contribution in [3.63, 3.8) is 0 Å². The van der Waals surface area contributed by atoms with Crippen LogP contribution in [0.25, 0.3) is 0 Å². The van der Waals surface area contributed by atoms with E-state index in [1.165, 1.54) is 5.56 Å². The van der Waals surface area contributed by atoms with Gasteiger partial charge in [0.05, 0.1) is 5.56 Å². The molecule has 94 valence electrons. The molecule has 0 aliphatic rings. The number of rotatable bonds is 3. The van der Waals surface area contributed by atoms with Crippen LogP contribution in [0.5, 0.6) is 0 Å². The van der Waals surface area contributed by atoms with Crippen molar-refractivity contribution >= 4 is 5.91 Å². The molecule has 2 aromatic rings. The Hall–Kier alpha value is -2.03. The molecule has 3 nitrogen and oxygen atoms in total. The molecule has 0 saturated carbocycles. The molecule has 1 aromatic carbocycles. The Morgan fingerprint density at radius 3 is 2.50 bits per heavy atom. The lowest BCUT2D eigenvalue weighted by molar-refractivity contribution is 0.0962. The second kappa shape index (κ2) is 5.08. The zero-order chi connectivity index (χ0) is 13.1. The minimum absolute atomic E-state index is 0.0255. The molecular formula is C15H18N2O. The lowest BCUT2D eigenvalue weighted by Gasteiger charge is -2.09. The number of nitrogens with zero attached hydrogens (tertiary/aromatic N) is 1. The third-order valence-corrected chi connectivity index (χ3v) is 3.23. The number of aromatic nitrogens is 1. The first kappa shape index (κ1) is 12.4. The van der Waals surface area contributed by atoms with Crippen LogP contribution in [-0.4, -0.2) is 17.5 Å². The standard InChI is InChI=1S/C15H18N2O/c1-11-9-14(15(18)16-3)12(2)17(11)10-13-7-5-4-6-8-13/h4-9H,10H2,1-3H3,(H,16,18). The quantitative estimate of drug-likeness (QED) is 0.881. The van der Waals surface area contributed by atoms with Crippen molar-refractivity contribution in [3.8, 4) is 0 Å². The lowest BCUT2D eigenvalue weighted by atomic mass is 10.2. The van der Waals surface area contributed by atoms with Gasteiger partial charge in [-0.1, -0.05) is 30.3 Å². The lowest BCUT2D eigenvalue weighted by Crippen LogP contribution is -2.18. The van der Waals surface area contributed by atoms with Crippen LogP contribution in [0.4, 0.5) is 0 Å². The second-order valence-corrected chi connectivity index (χ2v) is 4.44. The zero-order valence-electron chi connectivity index (χ0n) is 11.0. The average molecular weight is 242 g/mol. The van der Waals surface area contributed by atoms with Gasteiger partial charge in [0.1, 0.15) is 0 Å². The van der Waals surface area contributed by atoms with Crippen molar-refractivity contribution in [1.82, 2.24) is 9.88 Å². The fraction of sp³-hybridized carbons (Fsp3) is 0.267. The summed E-state index contributed by atoms with van der Waals surface area (Å²) in [5.41, 5.74) is 4.11. The van der Waals surface area contributed by atoms with Crippen molar-refractivity contribution in [2.75, 3.05) is 7.05 Å². The summed E-state index contributed by atoms with van der Waals surface area (Å²) in [5, 5.41) is 2.67. The number of carbonyl (C=O) groups excluding carboxylic acids is 1. The van der Waals surface area contributed by atoms with E-state index in [1.54, 1.807) is 7.05 Å². The highest BCUT2D eigenvalue weighted by Crippen LogP contribution is 2.16. The minimum Gasteiger partial charge on any atom is -0.355 e. The molecule has 0 unspecified atom stereocenters. The maximum Gasteiger partial charge on any atom is 0.252 e. The maximum absolute atomic E-state index is 11.7. The highest BCUT2D eigenvalue weighted by atomic mass is 16.1. The number of aryl methyl sites for hydroxylation is 1. The summed E-state index contributed by atoms with van der Waals surface area (Å²) in [4.78, 5) is 11.7. The first-order valence-electron chi connectivity index (χ1n) is 6.06. The van der Waals surface area contributed by atoms with Crippen LogP contribution in [-0.2, 0) is 6.54 Å². The van der Waals surface area contributed by atoms with E-state index in [9.17, 15) is 4.79 Å². The summed E-state index contributed by atoms with van der Waals surface area (Å²) in [7, 11) is 1.66. The van der Waals surface area contributed by atoms with E-state index in [4.69, 9.17) is 0 Å². The third-order valence-electron chi connectivity index (χ3n) is 3.23. The van der Waals surface area contributed by atoms with Gasteiger partial charge in [-0.3, -0.25) is 4.79 Å². The van der Waals surface area contributed by atoms with Gasteiger partial charge in [-0.05, 0) is 25.5 Å². The molecule has 3 heteroatoms. The van der Waals surface area contributed by atoms with Gasteiger partial charge in [0.2, 0.25) is 0 Å². The molecule has 0 aliphatic carbocycles. The van der Waals surface area contributed by atoms with Crippen LogP contribution < -0.4 is 5.32 Å². The van der Waals surface area contributed by atoms with E-state index in [0.717, 1.165) is 23.5 Å². The van der Waals surface area contributed by atoms with Gasteiger partial charge in [0.25, 0.3) is 5.91 Å². The van der Waals surface area contributed by atoms with E-state index in [-0.39, 0.29) is 5.91 Å². The molecule has 0 atom stereocenters. The maximum atomic E-state index is 11.7. The molecule has 0 spiro atoms. The zero-order valence-corrected chi connectivity index (χ0v) is 11.0. The Kier molecular flexibility index (Phi) is 3.51. The van der Waals surface area contributed by atoms with Crippen LogP contribution in [0.1, 0.15) is 27.3 Å². The Labute approximate surface area is 107 Å². The van der Waals surface area contributed by atoms with Gasteiger partial charge >= 0.3 is 0 Å². The number of hydrogen-bond donors (Lipinski definition) is 1. The Balaban J connectivity index is 2.34. The fourth-order valence-corrected chi connectivity index (χ4v) is 2.17. The minimum atomic E-state index is -0.0255. The number of hydrogen-bond acceptors (Lipinski definition) is 1. The largest absolute Gasteiger partial charge is 0.355 e. The Bertz CT molecular complexity index is 555. The van der Waals surface area contributed by atoms with Gasteiger partial charge in [-0.15, -0.1) is 0 Å². The predicted molar refractivity (Wildman–Crippen MR) is 72.8 cm³/mol. The summed E-state index contributed by atoms with van der Waals surface area (Å²) in [6.07, 6.45) is 0. The molecule has 0 aliphatic heterocycles. The molecule has 0 fully saturated rings. The normalized spacial score (nSPS) is 10.4. The second-order valence-electron chi connectivity index (χ2n) is 4.44. The average Bonchev–Trinajstić information content (AvgIpc) is 2.67. The van der Waals surface area contributed by atoms with Crippen LogP contribution in [0.15, 0.2) is 36.4 Å². The van der Waals surface area contributed by atoms with Gasteiger partial charge < -0.3 is 9.88 Å². The van der Waals surface area contributed by atoms with Crippen LogP contribution in [0.3, 0.4) is 0 Å². The van der Waals surface area contributed by atoms with Gasteiger partial charge in [0, 0.05) is 25.0 Å². The fourth-order valence-electron chi connectivity index (χ4n) is 2.17. The van der Waals surface area contributed by atoms with Crippen molar-refractivity contribution < 1.29 is 4.79 Å². The SMILES string of the molecule is CNC(=O)c1cc(C)n(Cc2ccccc2)c1C. The van der Waals surface area contributed by atoms with E-state index < -0.39 is 0 Å². The third kappa shape index (κ3) is 2.30. The topological polar surface area (TPSA) is 34.0 Å². The number of nitrogens with one attached hydrogen (secondary N) is 1. The van der Waals surface area contributed by atoms with Gasteiger partial charge in [-0.25, -0.2) is 0 Å². The number of carbonyl (C=O) groups is 1. The summed E-state index contributed by atoms with van der Waals surface area (Å²) in [6, 6.07) is 12.2.